The van der Waals surface area contributed by atoms with Gasteiger partial charge in [-0.15, -0.1) is 0 Å². The quantitative estimate of drug-likeness (QED) is 0.187. The van der Waals surface area contributed by atoms with Crippen LogP contribution in [0.4, 0.5) is 17.6 Å². The average molecular weight is 605 g/mol. The lowest BCUT2D eigenvalue weighted by atomic mass is 9.94. The Balaban J connectivity index is 0.00000484. The van der Waals surface area contributed by atoms with Crippen LogP contribution in [0.25, 0.3) is 22.0 Å². The third kappa shape index (κ3) is 6.95. The fourth-order valence-electron chi connectivity index (χ4n) is 5.00. The molecular weight excluding hydrogens is 572 g/mol. The topological polar surface area (TPSA) is 71.3 Å². The van der Waals surface area contributed by atoms with Crippen molar-refractivity contribution in [3.8, 4) is 11.1 Å². The molecule has 4 rings (SSSR count). The molecule has 1 unspecified atom stereocenters. The highest BCUT2D eigenvalue weighted by atomic mass is 35.5. The number of alkyl halides is 3. The molecule has 0 fully saturated rings. The van der Waals surface area contributed by atoms with E-state index in [-0.39, 0.29) is 43.3 Å². The summed E-state index contributed by atoms with van der Waals surface area (Å²) in [5, 5.41) is 11.8. The Morgan fingerprint density at radius 2 is 1.69 bits per heavy atom. The third-order valence-electron chi connectivity index (χ3n) is 7.02. The van der Waals surface area contributed by atoms with Gasteiger partial charge in [0, 0.05) is 34.3 Å². The lowest BCUT2D eigenvalue weighted by molar-refractivity contribution is -0.138. The van der Waals surface area contributed by atoms with Gasteiger partial charge in [0.05, 0.1) is 23.5 Å². The van der Waals surface area contributed by atoms with Crippen molar-refractivity contribution >= 4 is 34.4 Å². The number of carbonyl (C=O) groups excluding carboxylic acids is 1. The number of aromatic nitrogens is 1. The molecule has 0 saturated carbocycles. The molecule has 224 valence electrons. The number of carboxylic acids is 1. The van der Waals surface area contributed by atoms with Gasteiger partial charge in [-0.25, -0.2) is 4.39 Å². The molecule has 1 heterocycles. The zero-order valence-electron chi connectivity index (χ0n) is 22.7. The summed E-state index contributed by atoms with van der Waals surface area (Å²) in [7, 11) is 0. The summed E-state index contributed by atoms with van der Waals surface area (Å²) in [4.78, 5) is 23.1. The molecule has 0 aliphatic rings. The molecule has 2 N–H and O–H groups in total. The van der Waals surface area contributed by atoms with Crippen LogP contribution in [0.5, 0.6) is 0 Å². The maximum atomic E-state index is 15.8. The molecule has 5 nitrogen and oxygen atoms in total. The SMILES string of the molecule is C.Cc1c(-c2ccc(C(F)(F)F)cc2Cl)cc(F)c2c1ccn2C(CC(C)C)c1ccc(C(=O)NCCC(=O)O)cc1. The molecular formula is C32H33ClF4N2O3. The van der Waals surface area contributed by atoms with Gasteiger partial charge in [0.2, 0.25) is 0 Å². The summed E-state index contributed by atoms with van der Waals surface area (Å²) >= 11 is 6.23. The number of hydrogen-bond donors (Lipinski definition) is 2. The van der Waals surface area contributed by atoms with E-state index in [1.165, 1.54) is 12.1 Å². The summed E-state index contributed by atoms with van der Waals surface area (Å²) in [5.74, 6) is -1.69. The van der Waals surface area contributed by atoms with Crippen LogP contribution < -0.4 is 5.32 Å². The van der Waals surface area contributed by atoms with Crippen LogP contribution in [-0.4, -0.2) is 28.1 Å². The second kappa shape index (κ2) is 13.0. The maximum absolute atomic E-state index is 15.8. The first-order chi connectivity index (χ1) is 19.3. The molecule has 0 spiro atoms. The van der Waals surface area contributed by atoms with Crippen molar-refractivity contribution in [2.45, 2.75) is 53.3 Å². The molecule has 0 aliphatic heterocycles. The minimum Gasteiger partial charge on any atom is -0.481 e. The van der Waals surface area contributed by atoms with Gasteiger partial charge in [-0.1, -0.05) is 51.1 Å². The zero-order valence-corrected chi connectivity index (χ0v) is 23.4. The normalized spacial score (nSPS) is 12.3. The molecule has 42 heavy (non-hydrogen) atoms. The number of fused-ring (bicyclic) bond motifs is 1. The van der Waals surface area contributed by atoms with E-state index in [1.54, 1.807) is 43.5 Å². The average Bonchev–Trinajstić information content (AvgIpc) is 3.35. The molecule has 0 saturated heterocycles. The summed E-state index contributed by atoms with van der Waals surface area (Å²) in [6.07, 6.45) is -2.27. The molecule has 1 atom stereocenters. The van der Waals surface area contributed by atoms with Crippen LogP contribution in [0.15, 0.2) is 60.8 Å². The van der Waals surface area contributed by atoms with E-state index < -0.39 is 23.5 Å². The molecule has 10 heteroatoms. The summed E-state index contributed by atoms with van der Waals surface area (Å²) in [6.45, 7) is 5.90. The van der Waals surface area contributed by atoms with Crippen LogP contribution in [-0.2, 0) is 11.0 Å². The van der Waals surface area contributed by atoms with Crippen molar-refractivity contribution in [3.63, 3.8) is 0 Å². The fourth-order valence-corrected chi connectivity index (χ4v) is 5.28. The Morgan fingerprint density at radius 1 is 1.02 bits per heavy atom. The first-order valence-corrected chi connectivity index (χ1v) is 13.4. The van der Waals surface area contributed by atoms with E-state index in [9.17, 15) is 22.8 Å². The number of aryl methyl sites for hydroxylation is 1. The number of carbonyl (C=O) groups is 2. The summed E-state index contributed by atoms with van der Waals surface area (Å²) < 4.78 is 57.1. The van der Waals surface area contributed by atoms with Crippen LogP contribution in [0.2, 0.25) is 5.02 Å². The molecule has 0 radical (unpaired) electrons. The number of carboxylic acid groups (broad SMARTS) is 1. The van der Waals surface area contributed by atoms with Crippen molar-refractivity contribution in [3.05, 3.63) is 93.9 Å². The Kier molecular flexibility index (Phi) is 10.1. The largest absolute Gasteiger partial charge is 0.481 e. The highest BCUT2D eigenvalue weighted by molar-refractivity contribution is 6.33. The van der Waals surface area contributed by atoms with Crippen molar-refractivity contribution < 1.29 is 32.3 Å². The van der Waals surface area contributed by atoms with Gasteiger partial charge in [0.1, 0.15) is 5.82 Å². The monoisotopic (exact) mass is 604 g/mol. The number of nitrogens with zero attached hydrogens (tertiary/aromatic N) is 1. The Bertz CT molecular complexity index is 1590. The number of benzene rings is 3. The second-order valence-electron chi connectivity index (χ2n) is 10.4. The Labute approximate surface area is 247 Å². The van der Waals surface area contributed by atoms with Gasteiger partial charge in [-0.05, 0) is 72.4 Å². The second-order valence-corrected chi connectivity index (χ2v) is 10.8. The molecule has 3 aromatic carbocycles. The third-order valence-corrected chi connectivity index (χ3v) is 7.33. The van der Waals surface area contributed by atoms with E-state index in [0.717, 1.165) is 17.7 Å². The first-order valence-electron chi connectivity index (χ1n) is 13.0. The van der Waals surface area contributed by atoms with Gasteiger partial charge in [0.25, 0.3) is 5.91 Å². The van der Waals surface area contributed by atoms with Crippen LogP contribution in [0.1, 0.15) is 67.2 Å². The minimum atomic E-state index is -4.54. The van der Waals surface area contributed by atoms with Gasteiger partial charge < -0.3 is 15.0 Å². The number of hydrogen-bond acceptors (Lipinski definition) is 2. The predicted molar refractivity (Wildman–Crippen MR) is 157 cm³/mol. The van der Waals surface area contributed by atoms with Gasteiger partial charge in [-0.3, -0.25) is 9.59 Å². The van der Waals surface area contributed by atoms with Gasteiger partial charge in [0.15, 0.2) is 0 Å². The molecule has 0 aliphatic carbocycles. The van der Waals surface area contributed by atoms with E-state index in [4.69, 9.17) is 16.7 Å². The summed E-state index contributed by atoms with van der Waals surface area (Å²) in [6, 6.07) is 12.8. The molecule has 4 aromatic rings. The highest BCUT2D eigenvalue weighted by Crippen LogP contribution is 2.40. The zero-order chi connectivity index (χ0) is 30.1. The first kappa shape index (κ1) is 32.7. The predicted octanol–water partition coefficient (Wildman–Crippen LogP) is 8.90. The Morgan fingerprint density at radius 3 is 2.26 bits per heavy atom. The van der Waals surface area contributed by atoms with Crippen LogP contribution in [0, 0.1) is 18.7 Å². The van der Waals surface area contributed by atoms with Crippen molar-refractivity contribution in [2.75, 3.05) is 6.54 Å². The smallest absolute Gasteiger partial charge is 0.416 e. The highest BCUT2D eigenvalue weighted by Gasteiger charge is 2.31. The molecule has 1 amide bonds. The number of rotatable bonds is 9. The van der Waals surface area contributed by atoms with E-state index in [2.05, 4.69) is 19.2 Å². The standard InChI is InChI=1S/C31H29ClF4N2O3.CH4/c1-17(2)14-27(19-4-6-20(7-5-19)30(41)37-12-10-28(39)40)38-13-11-22-18(3)24(16-26(33)29(22)38)23-9-8-21(15-25(23)32)31(34,35)36;/h4-9,11,13,15-17,27H,10,12,14H2,1-3H3,(H,37,41)(H,39,40);1H4. The number of amides is 1. The van der Waals surface area contributed by atoms with Gasteiger partial charge >= 0.3 is 12.1 Å². The van der Waals surface area contributed by atoms with Crippen LogP contribution >= 0.6 is 11.6 Å². The fraction of sp³-hybridized carbons (Fsp3) is 0.312. The number of halogens is 5. The van der Waals surface area contributed by atoms with Crippen LogP contribution in [0.3, 0.4) is 0 Å². The van der Waals surface area contributed by atoms with Gasteiger partial charge in [-0.2, -0.15) is 13.2 Å². The number of aliphatic carboxylic acids is 1. The molecule has 0 bridgehead atoms. The minimum absolute atomic E-state index is 0. The Hall–Kier alpha value is -3.85. The van der Waals surface area contributed by atoms with Crippen molar-refractivity contribution in [2.24, 2.45) is 5.92 Å². The van der Waals surface area contributed by atoms with E-state index in [0.29, 0.717) is 39.6 Å². The summed E-state index contributed by atoms with van der Waals surface area (Å²) in [5.41, 5.74) is 2.10. The lowest BCUT2D eigenvalue weighted by Gasteiger charge is -2.24. The number of nitrogens with one attached hydrogen (secondary N) is 1. The van der Waals surface area contributed by atoms with Crippen molar-refractivity contribution in [1.82, 2.24) is 9.88 Å². The maximum Gasteiger partial charge on any atom is 0.416 e. The van der Waals surface area contributed by atoms with E-state index >= 15 is 4.39 Å². The van der Waals surface area contributed by atoms with E-state index in [1.807, 2.05) is 4.57 Å². The molecule has 1 aromatic heterocycles. The van der Waals surface area contributed by atoms with Crippen molar-refractivity contribution in [1.29, 1.82) is 0 Å². The lowest BCUT2D eigenvalue weighted by Crippen LogP contribution is -2.26.